The monoisotopic (exact) mass is 456 g/mol. The van der Waals surface area contributed by atoms with Crippen LogP contribution in [0.1, 0.15) is 23.2 Å². The van der Waals surface area contributed by atoms with Crippen molar-refractivity contribution in [3.8, 4) is 0 Å². The number of anilines is 1. The largest absolute Gasteiger partial charge is 0.465 e. The Labute approximate surface area is 178 Å². The average Bonchev–Trinajstić information content (AvgIpc) is 3.20. The Morgan fingerprint density at radius 3 is 2.48 bits per heavy atom. The lowest BCUT2D eigenvalue weighted by Gasteiger charge is -2.23. The van der Waals surface area contributed by atoms with Crippen LogP contribution in [0.25, 0.3) is 0 Å². The fraction of sp³-hybridized carbons (Fsp3) is 0.263. The molecule has 0 radical (unpaired) electrons. The molecule has 0 aromatic heterocycles. The van der Waals surface area contributed by atoms with E-state index in [1.54, 1.807) is 0 Å². The number of benzene rings is 2. The molecule has 10 heteroatoms. The van der Waals surface area contributed by atoms with Gasteiger partial charge >= 0.3 is 5.97 Å². The summed E-state index contributed by atoms with van der Waals surface area (Å²) in [5.41, 5.74) is 0.416. The molecule has 1 fully saturated rings. The molecule has 0 aliphatic carbocycles. The molecule has 1 heterocycles. The minimum Gasteiger partial charge on any atom is -0.465 e. The molecule has 1 N–H and O–H groups in total. The van der Waals surface area contributed by atoms with Crippen molar-refractivity contribution in [1.29, 1.82) is 0 Å². The fourth-order valence-corrected chi connectivity index (χ4v) is 5.06. The highest BCUT2D eigenvalue weighted by Crippen LogP contribution is 2.29. The topological polar surface area (TPSA) is 92.8 Å². The van der Waals surface area contributed by atoms with Crippen molar-refractivity contribution in [2.75, 3.05) is 19.0 Å². The Morgan fingerprint density at radius 1 is 1.14 bits per heavy atom. The van der Waals surface area contributed by atoms with Gasteiger partial charge in [-0.3, -0.25) is 4.79 Å². The van der Waals surface area contributed by atoms with Crippen molar-refractivity contribution in [2.45, 2.75) is 23.8 Å². The van der Waals surface area contributed by atoms with E-state index in [9.17, 15) is 18.0 Å². The van der Waals surface area contributed by atoms with E-state index in [0.29, 0.717) is 17.9 Å². The summed E-state index contributed by atoms with van der Waals surface area (Å²) < 4.78 is 31.8. The lowest BCUT2D eigenvalue weighted by molar-refractivity contribution is -0.119. The van der Waals surface area contributed by atoms with Crippen LogP contribution >= 0.6 is 23.2 Å². The minimum atomic E-state index is -3.87. The predicted molar refractivity (Wildman–Crippen MR) is 110 cm³/mol. The Bertz CT molecular complexity index is 1040. The number of nitrogens with one attached hydrogen (secondary N) is 1. The summed E-state index contributed by atoms with van der Waals surface area (Å²) in [6.45, 7) is 0.221. The van der Waals surface area contributed by atoms with E-state index >= 15 is 0 Å². The molecule has 29 heavy (non-hydrogen) atoms. The van der Waals surface area contributed by atoms with Crippen LogP contribution in [0, 0.1) is 0 Å². The van der Waals surface area contributed by atoms with Crippen LogP contribution in [0.3, 0.4) is 0 Å². The number of ether oxygens (including phenoxy) is 1. The summed E-state index contributed by atoms with van der Waals surface area (Å²) in [7, 11) is -2.63. The number of amides is 1. The van der Waals surface area contributed by atoms with E-state index in [2.05, 4.69) is 10.1 Å². The summed E-state index contributed by atoms with van der Waals surface area (Å²) >= 11 is 12.0. The van der Waals surface area contributed by atoms with Gasteiger partial charge in [0, 0.05) is 11.6 Å². The fourth-order valence-electron chi connectivity index (χ4n) is 3.11. The molecule has 1 atom stereocenters. The van der Waals surface area contributed by atoms with Crippen LogP contribution in [-0.2, 0) is 19.6 Å². The third-order valence-corrected chi connectivity index (χ3v) is 7.08. The lowest BCUT2D eigenvalue weighted by Crippen LogP contribution is -2.43. The molecule has 1 amide bonds. The third kappa shape index (κ3) is 4.56. The van der Waals surface area contributed by atoms with Gasteiger partial charge < -0.3 is 10.1 Å². The van der Waals surface area contributed by atoms with Gasteiger partial charge in [0.25, 0.3) is 0 Å². The molecule has 0 saturated carbocycles. The lowest BCUT2D eigenvalue weighted by atomic mass is 10.1. The van der Waals surface area contributed by atoms with E-state index in [4.69, 9.17) is 23.2 Å². The highest BCUT2D eigenvalue weighted by molar-refractivity contribution is 7.89. The summed E-state index contributed by atoms with van der Waals surface area (Å²) in [5.74, 6) is -1.10. The smallest absolute Gasteiger partial charge is 0.337 e. The van der Waals surface area contributed by atoms with Gasteiger partial charge in [0.2, 0.25) is 15.9 Å². The zero-order chi connectivity index (χ0) is 21.2. The number of methoxy groups -OCH3 is 1. The van der Waals surface area contributed by atoms with Gasteiger partial charge in [0.05, 0.1) is 28.3 Å². The first kappa shape index (κ1) is 21.6. The molecule has 0 spiro atoms. The van der Waals surface area contributed by atoms with Gasteiger partial charge in [-0.1, -0.05) is 23.2 Å². The molecule has 154 valence electrons. The molecule has 7 nitrogen and oxygen atoms in total. The number of carbonyl (C=O) groups is 2. The number of esters is 1. The van der Waals surface area contributed by atoms with Crippen molar-refractivity contribution in [2.24, 2.45) is 0 Å². The van der Waals surface area contributed by atoms with Crippen LogP contribution in [0.15, 0.2) is 47.4 Å². The maximum atomic E-state index is 13.0. The Kier molecular flexibility index (Phi) is 6.48. The molecular formula is C19H18Cl2N2O5S. The standard InChI is InChI=1S/C19H18Cl2N2O5S/c1-28-19(25)12-4-9-15(21)16(11-12)22-18(24)17-3-2-10-23(17)29(26,27)14-7-5-13(20)6-8-14/h4-9,11,17H,2-3,10H2,1H3,(H,22,24)/t17-/m1/s1. The maximum absolute atomic E-state index is 13.0. The van der Waals surface area contributed by atoms with E-state index in [-0.39, 0.29) is 27.7 Å². The van der Waals surface area contributed by atoms with Crippen LogP contribution in [0.2, 0.25) is 10.0 Å². The second kappa shape index (κ2) is 8.71. The van der Waals surface area contributed by atoms with Crippen LogP contribution in [0.4, 0.5) is 5.69 Å². The molecule has 3 rings (SSSR count). The summed E-state index contributed by atoms with van der Waals surface area (Å²) in [5, 5.41) is 3.26. The van der Waals surface area contributed by atoms with Gasteiger partial charge in [0.15, 0.2) is 0 Å². The average molecular weight is 457 g/mol. The number of nitrogens with zero attached hydrogens (tertiary/aromatic N) is 1. The first-order chi connectivity index (χ1) is 13.7. The number of halogens is 2. The van der Waals surface area contributed by atoms with E-state index in [1.165, 1.54) is 53.9 Å². The van der Waals surface area contributed by atoms with E-state index < -0.39 is 27.9 Å². The van der Waals surface area contributed by atoms with Crippen LogP contribution < -0.4 is 5.32 Å². The first-order valence-corrected chi connectivity index (χ1v) is 10.9. The van der Waals surface area contributed by atoms with E-state index in [0.717, 1.165) is 0 Å². The first-order valence-electron chi connectivity index (χ1n) is 8.70. The second-order valence-corrected chi connectivity index (χ2v) is 9.14. The van der Waals surface area contributed by atoms with Crippen molar-refractivity contribution in [3.63, 3.8) is 0 Å². The van der Waals surface area contributed by atoms with Gasteiger partial charge in [-0.25, -0.2) is 13.2 Å². The molecule has 1 saturated heterocycles. The number of sulfonamides is 1. The Balaban J connectivity index is 1.84. The molecule has 2 aromatic rings. The van der Waals surface area contributed by atoms with Crippen LogP contribution in [0.5, 0.6) is 0 Å². The van der Waals surface area contributed by atoms with E-state index in [1.807, 2.05) is 0 Å². The molecule has 2 aromatic carbocycles. The minimum absolute atomic E-state index is 0.0623. The normalized spacial score (nSPS) is 17.1. The van der Waals surface area contributed by atoms with Gasteiger partial charge in [0.1, 0.15) is 6.04 Å². The number of rotatable bonds is 5. The van der Waals surface area contributed by atoms with Crippen molar-refractivity contribution in [1.82, 2.24) is 4.31 Å². The highest BCUT2D eigenvalue weighted by Gasteiger charge is 2.39. The number of hydrogen-bond donors (Lipinski definition) is 1. The molecule has 1 aliphatic rings. The van der Waals surface area contributed by atoms with Crippen molar-refractivity contribution >= 4 is 50.8 Å². The second-order valence-electron chi connectivity index (χ2n) is 6.40. The molecular weight excluding hydrogens is 439 g/mol. The molecule has 0 unspecified atom stereocenters. The Morgan fingerprint density at radius 2 is 1.83 bits per heavy atom. The van der Waals surface area contributed by atoms with Crippen molar-refractivity contribution < 1.29 is 22.7 Å². The summed E-state index contributed by atoms with van der Waals surface area (Å²) in [6.07, 6.45) is 0.911. The maximum Gasteiger partial charge on any atom is 0.337 e. The number of carbonyl (C=O) groups excluding carboxylic acids is 2. The zero-order valence-corrected chi connectivity index (χ0v) is 17.7. The zero-order valence-electron chi connectivity index (χ0n) is 15.4. The van der Waals surface area contributed by atoms with Crippen LogP contribution in [-0.4, -0.2) is 44.3 Å². The molecule has 0 bridgehead atoms. The number of hydrogen-bond acceptors (Lipinski definition) is 5. The quantitative estimate of drug-likeness (QED) is 0.693. The third-order valence-electron chi connectivity index (χ3n) is 4.57. The summed E-state index contributed by atoms with van der Waals surface area (Å²) in [6, 6.07) is 9.20. The van der Waals surface area contributed by atoms with Gasteiger partial charge in [-0.2, -0.15) is 4.31 Å². The SMILES string of the molecule is COC(=O)c1ccc(Cl)c(NC(=O)[C@H]2CCCN2S(=O)(=O)c2ccc(Cl)cc2)c1. The Hall–Kier alpha value is -2.13. The molecule has 1 aliphatic heterocycles. The van der Waals surface area contributed by atoms with Gasteiger partial charge in [-0.05, 0) is 55.3 Å². The summed E-state index contributed by atoms with van der Waals surface area (Å²) in [4.78, 5) is 24.6. The highest BCUT2D eigenvalue weighted by atomic mass is 35.5. The predicted octanol–water partition coefficient (Wildman–Crippen LogP) is 3.57. The van der Waals surface area contributed by atoms with Gasteiger partial charge in [-0.15, -0.1) is 0 Å². The van der Waals surface area contributed by atoms with Crippen molar-refractivity contribution in [3.05, 3.63) is 58.1 Å².